The molecule has 0 spiro atoms. The third kappa shape index (κ3) is 9.38. The molecule has 1 amide bonds. The summed E-state index contributed by atoms with van der Waals surface area (Å²) in [7, 11) is -3.03. The van der Waals surface area contributed by atoms with Crippen molar-refractivity contribution < 1.29 is 32.2 Å². The van der Waals surface area contributed by atoms with Crippen molar-refractivity contribution in [1.82, 2.24) is 10.6 Å². The van der Waals surface area contributed by atoms with Crippen LogP contribution in [0.4, 0.5) is 24.5 Å². The molecule has 1 saturated heterocycles. The summed E-state index contributed by atoms with van der Waals surface area (Å²) < 4.78 is 63.2. The molecule has 0 aromatic heterocycles. The summed E-state index contributed by atoms with van der Waals surface area (Å²) >= 11 is 0. The van der Waals surface area contributed by atoms with Crippen molar-refractivity contribution in [2.75, 3.05) is 28.5 Å². The quantitative estimate of drug-likeness (QED) is 0.124. The number of benzene rings is 3. The first-order valence-corrected chi connectivity index (χ1v) is 17.1. The van der Waals surface area contributed by atoms with Gasteiger partial charge in [-0.3, -0.25) is 18.2 Å². The molecule has 6 N–H and O–H groups in total. The van der Waals surface area contributed by atoms with Crippen molar-refractivity contribution in [3.8, 4) is 0 Å². The number of aliphatic hydroxyl groups is 1. The van der Waals surface area contributed by atoms with Gasteiger partial charge in [0.15, 0.2) is 0 Å². The zero-order valence-corrected chi connectivity index (χ0v) is 27.5. The molecule has 252 valence electrons. The van der Waals surface area contributed by atoms with E-state index in [1.54, 1.807) is 42.4 Å². The highest BCUT2D eigenvalue weighted by atomic mass is 32.3. The molecule has 0 aliphatic carbocycles. The molecule has 1 fully saturated rings. The fourth-order valence-electron chi connectivity index (χ4n) is 5.50. The molecule has 1 heterocycles. The van der Waals surface area contributed by atoms with Crippen molar-refractivity contribution in [3.05, 3.63) is 95.1 Å². The smallest absolute Gasteiger partial charge is 0.390 e. The van der Waals surface area contributed by atoms with Gasteiger partial charge in [0.1, 0.15) is 0 Å². The lowest BCUT2D eigenvalue weighted by atomic mass is 9.92. The molecule has 4 rings (SSSR count). The number of carbonyl (C=O) groups is 1. The molecule has 1 aliphatic heterocycles. The highest BCUT2D eigenvalue weighted by molar-refractivity contribution is 8.25. The molecular weight excluding hydrogens is 617 g/mol. The molecule has 3 aromatic rings. The van der Waals surface area contributed by atoms with Crippen LogP contribution in [-0.2, 0) is 18.1 Å². The van der Waals surface area contributed by atoms with Crippen LogP contribution in [0.3, 0.4) is 0 Å². The van der Waals surface area contributed by atoms with Crippen LogP contribution in [0.2, 0.25) is 0 Å². The number of alkyl halides is 3. The van der Waals surface area contributed by atoms with E-state index in [4.69, 9.17) is 0 Å². The summed E-state index contributed by atoms with van der Waals surface area (Å²) in [5, 5.41) is 20.9. The van der Waals surface area contributed by atoms with Crippen LogP contribution in [0.5, 0.6) is 0 Å². The second kappa shape index (κ2) is 14.6. The maximum Gasteiger partial charge on any atom is 0.416 e. The standard InChI is InChI=1S/C34H45F3N4O4S/c1-23(2)39-28-18-25(19-29(21-28)41-15-8-9-16-46(41,44)45)32(43)40-30(17-24-11-6-5-7-12-24)31(42)22-38-33(3,4)26-13-10-14-27(20-26)34(35,36)37/h5-7,10-14,18-21,23,30-31,38-39,42,44-45H,8-9,15-17,22H2,1-4H3,(H,40,43)/t30-,31+/m0/s1. The van der Waals surface area contributed by atoms with Crippen molar-refractivity contribution in [2.24, 2.45) is 0 Å². The summed E-state index contributed by atoms with van der Waals surface area (Å²) in [6.45, 7) is 7.81. The van der Waals surface area contributed by atoms with Crippen LogP contribution in [0, 0.1) is 0 Å². The van der Waals surface area contributed by atoms with Gasteiger partial charge in [-0.25, -0.2) is 0 Å². The summed E-state index contributed by atoms with van der Waals surface area (Å²) in [4.78, 5) is 13.8. The second-order valence-electron chi connectivity index (χ2n) is 12.6. The van der Waals surface area contributed by atoms with E-state index in [-0.39, 0.29) is 23.9 Å². The van der Waals surface area contributed by atoms with Gasteiger partial charge in [0.25, 0.3) is 5.91 Å². The predicted molar refractivity (Wildman–Crippen MR) is 179 cm³/mol. The van der Waals surface area contributed by atoms with Crippen molar-refractivity contribution in [1.29, 1.82) is 0 Å². The Hall–Kier alpha value is -3.29. The molecule has 1 aliphatic rings. The second-order valence-corrected chi connectivity index (χ2v) is 14.7. The normalized spacial score (nSPS) is 17.3. The molecule has 46 heavy (non-hydrogen) atoms. The highest BCUT2D eigenvalue weighted by Gasteiger charge is 2.33. The number of aliphatic hydroxyl groups excluding tert-OH is 1. The maximum atomic E-state index is 13.8. The zero-order chi connectivity index (χ0) is 33.7. The average molecular weight is 663 g/mol. The minimum atomic E-state index is -4.48. The van der Waals surface area contributed by atoms with E-state index in [1.807, 2.05) is 44.2 Å². The van der Waals surface area contributed by atoms with Crippen LogP contribution >= 0.6 is 10.8 Å². The first-order chi connectivity index (χ1) is 21.5. The Morgan fingerprint density at radius 3 is 2.30 bits per heavy atom. The number of rotatable bonds is 12. The van der Waals surface area contributed by atoms with E-state index in [0.29, 0.717) is 36.3 Å². The number of hydrogen-bond acceptors (Lipinski definition) is 7. The van der Waals surface area contributed by atoms with Crippen LogP contribution in [0.15, 0.2) is 72.8 Å². The van der Waals surface area contributed by atoms with Crippen LogP contribution in [-0.4, -0.2) is 57.1 Å². The largest absolute Gasteiger partial charge is 0.416 e. The Kier molecular flexibility index (Phi) is 11.3. The number of hydrogen-bond donors (Lipinski definition) is 6. The van der Waals surface area contributed by atoms with Gasteiger partial charge < -0.3 is 21.1 Å². The number of nitrogens with zero attached hydrogens (tertiary/aromatic N) is 1. The summed E-state index contributed by atoms with van der Waals surface area (Å²) in [5.41, 5.74) is 1.04. The van der Waals surface area contributed by atoms with Crippen LogP contribution < -0.4 is 20.3 Å². The van der Waals surface area contributed by atoms with E-state index >= 15 is 0 Å². The van der Waals surface area contributed by atoms with E-state index in [2.05, 4.69) is 16.0 Å². The Morgan fingerprint density at radius 1 is 0.957 bits per heavy atom. The maximum absolute atomic E-state index is 13.8. The van der Waals surface area contributed by atoms with Crippen molar-refractivity contribution >= 4 is 28.1 Å². The Morgan fingerprint density at radius 2 is 1.65 bits per heavy atom. The fourth-order valence-corrected chi connectivity index (χ4v) is 7.18. The number of carbonyl (C=O) groups excluding carboxylic acids is 1. The van der Waals surface area contributed by atoms with E-state index < -0.39 is 46.1 Å². The average Bonchev–Trinajstić information content (AvgIpc) is 2.99. The fraction of sp³-hybridized carbons (Fsp3) is 0.441. The van der Waals surface area contributed by atoms with Crippen LogP contribution in [0.1, 0.15) is 67.6 Å². The van der Waals surface area contributed by atoms with Gasteiger partial charge in [-0.05, 0) is 88.4 Å². The summed E-state index contributed by atoms with van der Waals surface area (Å²) in [6.07, 6.45) is -3.81. The molecule has 3 aromatic carbocycles. The monoisotopic (exact) mass is 662 g/mol. The van der Waals surface area contributed by atoms with Gasteiger partial charge in [0.05, 0.1) is 29.1 Å². The molecule has 8 nitrogen and oxygen atoms in total. The zero-order valence-electron chi connectivity index (χ0n) is 26.6. The summed E-state index contributed by atoms with van der Waals surface area (Å²) in [5.74, 6) is -0.204. The van der Waals surface area contributed by atoms with E-state index in [1.165, 1.54) is 6.07 Å². The SMILES string of the molecule is CC(C)Nc1cc(C(=O)N[C@@H](Cc2ccccc2)[C@H](O)CNC(C)(C)c2cccc(C(F)(F)F)c2)cc(N2CCCCS2(O)O)c1. The van der Waals surface area contributed by atoms with Gasteiger partial charge in [0.2, 0.25) is 0 Å². The minimum Gasteiger partial charge on any atom is -0.390 e. The third-order valence-electron chi connectivity index (χ3n) is 8.05. The number of amides is 1. The van der Waals surface area contributed by atoms with Gasteiger partial charge in [-0.15, -0.1) is 10.8 Å². The van der Waals surface area contributed by atoms with Gasteiger partial charge in [-0.1, -0.05) is 42.5 Å². The first-order valence-electron chi connectivity index (χ1n) is 15.5. The van der Waals surface area contributed by atoms with Crippen molar-refractivity contribution in [3.63, 3.8) is 0 Å². The van der Waals surface area contributed by atoms with Gasteiger partial charge >= 0.3 is 6.18 Å². The van der Waals surface area contributed by atoms with Gasteiger partial charge in [0, 0.05) is 35.9 Å². The van der Waals surface area contributed by atoms with Crippen molar-refractivity contribution in [2.45, 2.75) is 76.9 Å². The van der Waals surface area contributed by atoms with Crippen LogP contribution in [0.25, 0.3) is 0 Å². The lowest BCUT2D eigenvalue weighted by molar-refractivity contribution is -0.137. The molecule has 0 bridgehead atoms. The number of halogens is 3. The minimum absolute atomic E-state index is 0.0180. The van der Waals surface area contributed by atoms with E-state index in [0.717, 1.165) is 24.1 Å². The lowest BCUT2D eigenvalue weighted by Crippen LogP contribution is -2.51. The Balaban J connectivity index is 1.58. The Bertz CT molecular complexity index is 1470. The van der Waals surface area contributed by atoms with E-state index in [9.17, 15) is 32.2 Å². The third-order valence-corrected chi connectivity index (χ3v) is 9.99. The predicted octanol–water partition coefficient (Wildman–Crippen LogP) is 7.02. The topological polar surface area (TPSA) is 117 Å². The molecule has 0 saturated carbocycles. The molecule has 2 atom stereocenters. The number of nitrogens with one attached hydrogen (secondary N) is 3. The highest BCUT2D eigenvalue weighted by Crippen LogP contribution is 2.50. The Labute approximate surface area is 270 Å². The molecule has 0 radical (unpaired) electrons. The lowest BCUT2D eigenvalue weighted by Gasteiger charge is -2.47. The molecule has 0 unspecified atom stereocenters. The summed E-state index contributed by atoms with van der Waals surface area (Å²) in [6, 6.07) is 18.8. The molecular formula is C34H45F3N4O4S. The number of anilines is 2. The molecule has 12 heteroatoms. The van der Waals surface area contributed by atoms with Gasteiger partial charge in [-0.2, -0.15) is 13.2 Å². The first kappa shape index (κ1) is 35.6.